The SMILES string of the molecule is Clc1ccc(-c2cc(N3CCCCC3CCc3ccccc3)n[nH]2)cc1. The van der Waals surface area contributed by atoms with Crippen LogP contribution >= 0.6 is 11.6 Å². The van der Waals surface area contributed by atoms with Crippen molar-refractivity contribution in [2.24, 2.45) is 0 Å². The molecule has 0 radical (unpaired) electrons. The first-order valence-electron chi connectivity index (χ1n) is 9.41. The maximum Gasteiger partial charge on any atom is 0.151 e. The highest BCUT2D eigenvalue weighted by molar-refractivity contribution is 6.30. The van der Waals surface area contributed by atoms with E-state index in [2.05, 4.69) is 51.5 Å². The molecule has 0 saturated carbocycles. The Bertz CT molecular complexity index is 826. The molecule has 4 rings (SSSR count). The Hall–Kier alpha value is -2.26. The number of hydrogen-bond acceptors (Lipinski definition) is 2. The molecule has 2 heterocycles. The monoisotopic (exact) mass is 365 g/mol. The molecule has 0 spiro atoms. The molecule has 3 nitrogen and oxygen atoms in total. The number of aryl methyl sites for hydroxylation is 1. The Kier molecular flexibility index (Phi) is 5.26. The maximum atomic E-state index is 6.00. The molecule has 0 aliphatic carbocycles. The second kappa shape index (κ2) is 7.96. The van der Waals surface area contributed by atoms with Crippen LogP contribution in [0.4, 0.5) is 5.82 Å². The van der Waals surface area contributed by atoms with Gasteiger partial charge in [0.1, 0.15) is 0 Å². The largest absolute Gasteiger partial charge is 0.352 e. The summed E-state index contributed by atoms with van der Waals surface area (Å²) >= 11 is 6.00. The van der Waals surface area contributed by atoms with Crippen LogP contribution in [0.15, 0.2) is 60.7 Å². The normalized spacial score (nSPS) is 17.4. The summed E-state index contributed by atoms with van der Waals surface area (Å²) < 4.78 is 0. The Morgan fingerprint density at radius 3 is 2.65 bits per heavy atom. The lowest BCUT2D eigenvalue weighted by molar-refractivity contribution is 0.435. The number of aromatic nitrogens is 2. The third-order valence-corrected chi connectivity index (χ3v) is 5.50. The van der Waals surface area contributed by atoms with Crippen molar-refractivity contribution < 1.29 is 0 Å². The minimum atomic E-state index is 0.560. The van der Waals surface area contributed by atoms with Crippen LogP contribution in [0.3, 0.4) is 0 Å². The summed E-state index contributed by atoms with van der Waals surface area (Å²) in [6, 6.07) is 21.4. The van der Waals surface area contributed by atoms with Crippen molar-refractivity contribution >= 4 is 17.4 Å². The number of hydrogen-bond donors (Lipinski definition) is 1. The second-order valence-corrected chi connectivity index (χ2v) is 7.45. The molecule has 0 amide bonds. The van der Waals surface area contributed by atoms with Gasteiger partial charge < -0.3 is 4.90 Å². The van der Waals surface area contributed by atoms with E-state index < -0.39 is 0 Å². The van der Waals surface area contributed by atoms with Gasteiger partial charge in [-0.3, -0.25) is 5.10 Å². The van der Waals surface area contributed by atoms with Gasteiger partial charge in [-0.2, -0.15) is 5.10 Å². The Morgan fingerprint density at radius 2 is 1.85 bits per heavy atom. The molecule has 1 aromatic heterocycles. The van der Waals surface area contributed by atoms with Crippen molar-refractivity contribution in [1.29, 1.82) is 0 Å². The van der Waals surface area contributed by atoms with Gasteiger partial charge in [-0.15, -0.1) is 0 Å². The van der Waals surface area contributed by atoms with Gasteiger partial charge in [0.05, 0.1) is 5.69 Å². The molecule has 0 bridgehead atoms. The Labute approximate surface area is 160 Å². The molecule has 1 atom stereocenters. The minimum absolute atomic E-state index is 0.560. The van der Waals surface area contributed by atoms with Crippen molar-refractivity contribution in [3.8, 4) is 11.3 Å². The van der Waals surface area contributed by atoms with E-state index in [0.29, 0.717) is 6.04 Å². The molecule has 1 aliphatic heterocycles. The van der Waals surface area contributed by atoms with E-state index in [-0.39, 0.29) is 0 Å². The maximum absolute atomic E-state index is 6.00. The van der Waals surface area contributed by atoms with E-state index in [0.717, 1.165) is 35.1 Å². The molecule has 1 fully saturated rings. The molecule has 1 unspecified atom stereocenters. The first-order valence-corrected chi connectivity index (χ1v) is 9.79. The number of anilines is 1. The topological polar surface area (TPSA) is 31.9 Å². The first kappa shape index (κ1) is 17.2. The summed E-state index contributed by atoms with van der Waals surface area (Å²) in [6.45, 7) is 1.09. The lowest BCUT2D eigenvalue weighted by atomic mass is 9.96. The summed E-state index contributed by atoms with van der Waals surface area (Å²) in [7, 11) is 0. The van der Waals surface area contributed by atoms with Crippen LogP contribution in [-0.2, 0) is 6.42 Å². The third kappa shape index (κ3) is 3.94. The van der Waals surface area contributed by atoms with Gasteiger partial charge in [-0.25, -0.2) is 0 Å². The standard InChI is InChI=1S/C22H24ClN3/c23-19-12-10-18(11-13-19)21-16-22(25-24-21)26-15-5-4-8-20(26)14-9-17-6-2-1-3-7-17/h1-3,6-7,10-13,16,20H,4-5,8-9,14-15H2,(H,24,25). The van der Waals surface area contributed by atoms with Crippen molar-refractivity contribution in [1.82, 2.24) is 10.2 Å². The average molecular weight is 366 g/mol. The number of piperidine rings is 1. The molecule has 2 aromatic carbocycles. The van der Waals surface area contributed by atoms with Crippen molar-refractivity contribution in [2.75, 3.05) is 11.4 Å². The lowest BCUT2D eigenvalue weighted by Crippen LogP contribution is -2.40. The van der Waals surface area contributed by atoms with Crippen LogP contribution in [0.25, 0.3) is 11.3 Å². The Morgan fingerprint density at radius 1 is 1.04 bits per heavy atom. The fourth-order valence-corrected chi connectivity index (χ4v) is 3.94. The fourth-order valence-electron chi connectivity index (χ4n) is 3.82. The van der Waals surface area contributed by atoms with Crippen LogP contribution in [0, 0.1) is 0 Å². The number of H-pyrrole nitrogens is 1. The molecule has 1 saturated heterocycles. The zero-order chi connectivity index (χ0) is 17.8. The van der Waals surface area contributed by atoms with Crippen LogP contribution < -0.4 is 4.90 Å². The molecule has 134 valence electrons. The third-order valence-electron chi connectivity index (χ3n) is 5.25. The molecule has 1 aliphatic rings. The van der Waals surface area contributed by atoms with Gasteiger partial charge in [0, 0.05) is 23.7 Å². The Balaban J connectivity index is 1.48. The number of rotatable bonds is 5. The van der Waals surface area contributed by atoms with E-state index in [1.54, 1.807) is 0 Å². The molecule has 26 heavy (non-hydrogen) atoms. The zero-order valence-corrected chi connectivity index (χ0v) is 15.6. The molecular weight excluding hydrogens is 342 g/mol. The summed E-state index contributed by atoms with van der Waals surface area (Å²) in [4.78, 5) is 2.49. The molecular formula is C22H24ClN3. The molecule has 3 aromatic rings. The summed E-state index contributed by atoms with van der Waals surface area (Å²) in [5.74, 6) is 1.06. The number of nitrogens with one attached hydrogen (secondary N) is 1. The highest BCUT2D eigenvalue weighted by Gasteiger charge is 2.24. The number of halogens is 1. The molecule has 4 heteroatoms. The summed E-state index contributed by atoms with van der Waals surface area (Å²) in [6.07, 6.45) is 6.09. The second-order valence-electron chi connectivity index (χ2n) is 7.01. The fraction of sp³-hybridized carbons (Fsp3) is 0.318. The van der Waals surface area contributed by atoms with Gasteiger partial charge in [0.25, 0.3) is 0 Å². The van der Waals surface area contributed by atoms with E-state index in [4.69, 9.17) is 11.6 Å². The van der Waals surface area contributed by atoms with Gasteiger partial charge in [0.2, 0.25) is 0 Å². The summed E-state index contributed by atoms with van der Waals surface area (Å²) in [5.41, 5.74) is 3.58. The summed E-state index contributed by atoms with van der Waals surface area (Å²) in [5, 5.41) is 8.57. The van der Waals surface area contributed by atoms with Crippen molar-refractivity contribution in [3.05, 3.63) is 71.2 Å². The number of benzene rings is 2. The van der Waals surface area contributed by atoms with E-state index in [9.17, 15) is 0 Å². The smallest absolute Gasteiger partial charge is 0.151 e. The highest BCUT2D eigenvalue weighted by Crippen LogP contribution is 2.29. The molecule has 1 N–H and O–H groups in total. The lowest BCUT2D eigenvalue weighted by Gasteiger charge is -2.36. The minimum Gasteiger partial charge on any atom is -0.352 e. The van der Waals surface area contributed by atoms with Crippen molar-refractivity contribution in [2.45, 2.75) is 38.1 Å². The first-order chi connectivity index (χ1) is 12.8. The zero-order valence-electron chi connectivity index (χ0n) is 14.9. The van der Waals surface area contributed by atoms with E-state index >= 15 is 0 Å². The van der Waals surface area contributed by atoms with Crippen LogP contribution in [-0.4, -0.2) is 22.8 Å². The average Bonchev–Trinajstić information content (AvgIpc) is 3.18. The predicted octanol–water partition coefficient (Wildman–Crippen LogP) is 5.72. The number of aromatic amines is 1. The predicted molar refractivity (Wildman–Crippen MR) is 109 cm³/mol. The highest BCUT2D eigenvalue weighted by atomic mass is 35.5. The van der Waals surface area contributed by atoms with E-state index in [1.165, 1.54) is 31.2 Å². The van der Waals surface area contributed by atoms with E-state index in [1.807, 2.05) is 24.3 Å². The van der Waals surface area contributed by atoms with Gasteiger partial charge in [0.15, 0.2) is 5.82 Å². The number of nitrogens with zero attached hydrogens (tertiary/aromatic N) is 2. The van der Waals surface area contributed by atoms with Gasteiger partial charge in [-0.05, 0) is 55.4 Å². The van der Waals surface area contributed by atoms with Gasteiger partial charge in [-0.1, -0.05) is 54.1 Å². The van der Waals surface area contributed by atoms with Gasteiger partial charge >= 0.3 is 0 Å². The van der Waals surface area contributed by atoms with Crippen LogP contribution in [0.5, 0.6) is 0 Å². The quantitative estimate of drug-likeness (QED) is 0.626. The van der Waals surface area contributed by atoms with Crippen molar-refractivity contribution in [3.63, 3.8) is 0 Å². The van der Waals surface area contributed by atoms with Crippen LogP contribution in [0.2, 0.25) is 5.02 Å². The van der Waals surface area contributed by atoms with Crippen LogP contribution in [0.1, 0.15) is 31.2 Å².